The number of methoxy groups -OCH3 is 1. The lowest BCUT2D eigenvalue weighted by Gasteiger charge is -2.17. The molecule has 0 saturated carbocycles. The Morgan fingerprint density at radius 2 is 2.11 bits per heavy atom. The molecule has 0 unspecified atom stereocenters. The Morgan fingerprint density at radius 3 is 2.61 bits per heavy atom. The molecule has 18 heavy (non-hydrogen) atoms. The predicted octanol–water partition coefficient (Wildman–Crippen LogP) is 0.674. The zero-order chi connectivity index (χ0) is 13.8. The molecule has 1 aromatic carbocycles. The number of nitrogens with zero attached hydrogens (tertiary/aromatic N) is 1. The molecule has 0 fully saturated rings. The third-order valence-corrected chi connectivity index (χ3v) is 4.36. The molecule has 7 heteroatoms. The molecule has 0 spiro atoms. The minimum absolute atomic E-state index is 0.0202. The van der Waals surface area contributed by atoms with Gasteiger partial charge in [-0.25, -0.2) is 12.8 Å². The number of rotatable bonds is 6. The highest BCUT2D eigenvalue weighted by atomic mass is 32.2. The molecule has 0 bridgehead atoms. The third-order valence-electron chi connectivity index (χ3n) is 2.51. The van der Waals surface area contributed by atoms with Crippen molar-refractivity contribution in [2.24, 2.45) is 0 Å². The predicted molar refractivity (Wildman–Crippen MR) is 66.7 cm³/mol. The molecule has 0 saturated heterocycles. The van der Waals surface area contributed by atoms with E-state index in [1.54, 1.807) is 7.05 Å². The van der Waals surface area contributed by atoms with Gasteiger partial charge in [0.2, 0.25) is 10.0 Å². The Hall–Kier alpha value is -1.18. The number of likely N-dealkylation sites (N-methyl/N-ethyl adjacent to an activating group) is 2. The van der Waals surface area contributed by atoms with E-state index in [1.165, 1.54) is 30.6 Å². The van der Waals surface area contributed by atoms with Crippen molar-refractivity contribution < 1.29 is 17.5 Å². The number of ether oxygens (including phenoxy) is 1. The van der Waals surface area contributed by atoms with Crippen molar-refractivity contribution in [3.63, 3.8) is 0 Å². The average Bonchev–Trinajstić information content (AvgIpc) is 2.35. The molecule has 0 radical (unpaired) electrons. The largest absolute Gasteiger partial charge is 0.494 e. The quantitative estimate of drug-likeness (QED) is 0.830. The fraction of sp³-hybridized carbons (Fsp3) is 0.455. The lowest BCUT2D eigenvalue weighted by atomic mass is 10.3. The number of sulfonamides is 1. The van der Waals surface area contributed by atoms with E-state index in [2.05, 4.69) is 5.32 Å². The van der Waals surface area contributed by atoms with Crippen LogP contribution >= 0.6 is 0 Å². The summed E-state index contributed by atoms with van der Waals surface area (Å²) in [4.78, 5) is -0.0839. The first-order valence-electron chi connectivity index (χ1n) is 5.38. The van der Waals surface area contributed by atoms with Crippen LogP contribution in [0.25, 0.3) is 0 Å². The highest BCUT2D eigenvalue weighted by Gasteiger charge is 2.21. The van der Waals surface area contributed by atoms with E-state index in [0.717, 1.165) is 6.07 Å². The van der Waals surface area contributed by atoms with Crippen molar-refractivity contribution in [3.05, 3.63) is 24.0 Å². The number of hydrogen-bond acceptors (Lipinski definition) is 4. The summed E-state index contributed by atoms with van der Waals surface area (Å²) >= 11 is 0. The average molecular weight is 276 g/mol. The molecule has 1 rings (SSSR count). The van der Waals surface area contributed by atoms with Crippen molar-refractivity contribution in [1.82, 2.24) is 9.62 Å². The zero-order valence-corrected chi connectivity index (χ0v) is 11.4. The lowest BCUT2D eigenvalue weighted by molar-refractivity contribution is 0.385. The summed E-state index contributed by atoms with van der Waals surface area (Å²) in [6, 6.07) is 3.59. The van der Waals surface area contributed by atoms with Crippen LogP contribution in [-0.2, 0) is 10.0 Å². The topological polar surface area (TPSA) is 58.6 Å². The van der Waals surface area contributed by atoms with E-state index < -0.39 is 15.8 Å². The van der Waals surface area contributed by atoms with Crippen LogP contribution in [0.5, 0.6) is 5.75 Å². The molecule has 0 aliphatic rings. The summed E-state index contributed by atoms with van der Waals surface area (Å²) in [5.41, 5.74) is 0. The first-order valence-corrected chi connectivity index (χ1v) is 6.82. The Balaban J connectivity index is 3.01. The van der Waals surface area contributed by atoms with Gasteiger partial charge in [0, 0.05) is 20.1 Å². The number of halogens is 1. The second kappa shape index (κ2) is 6.12. The molecular formula is C11H17FN2O3S. The summed E-state index contributed by atoms with van der Waals surface area (Å²) in [6.07, 6.45) is 0. The molecule has 0 amide bonds. The van der Waals surface area contributed by atoms with Gasteiger partial charge in [-0.15, -0.1) is 0 Å². The van der Waals surface area contributed by atoms with E-state index in [0.29, 0.717) is 13.1 Å². The minimum atomic E-state index is -3.66. The van der Waals surface area contributed by atoms with Gasteiger partial charge >= 0.3 is 0 Å². The van der Waals surface area contributed by atoms with E-state index in [9.17, 15) is 12.8 Å². The molecule has 5 nitrogen and oxygen atoms in total. The van der Waals surface area contributed by atoms with Gasteiger partial charge in [-0.3, -0.25) is 0 Å². The van der Waals surface area contributed by atoms with Crippen molar-refractivity contribution in [2.45, 2.75) is 4.90 Å². The smallest absolute Gasteiger partial charge is 0.242 e. The van der Waals surface area contributed by atoms with Gasteiger partial charge in [0.25, 0.3) is 0 Å². The Kier molecular flexibility index (Phi) is 5.06. The molecule has 0 heterocycles. The summed E-state index contributed by atoms with van der Waals surface area (Å²) in [7, 11) is 0.847. The first-order chi connectivity index (χ1) is 8.43. The van der Waals surface area contributed by atoms with Gasteiger partial charge in [-0.2, -0.15) is 4.31 Å². The van der Waals surface area contributed by atoms with Crippen LogP contribution < -0.4 is 10.1 Å². The summed E-state index contributed by atoms with van der Waals surface area (Å²) in [6.45, 7) is 0.834. The fourth-order valence-electron chi connectivity index (χ4n) is 1.38. The van der Waals surface area contributed by atoms with Crippen molar-refractivity contribution in [1.29, 1.82) is 0 Å². The van der Waals surface area contributed by atoms with E-state index in [1.807, 2.05) is 0 Å². The molecule has 0 aliphatic heterocycles. The van der Waals surface area contributed by atoms with Crippen LogP contribution in [0, 0.1) is 5.82 Å². The van der Waals surface area contributed by atoms with Crippen LogP contribution in [0.2, 0.25) is 0 Å². The molecule has 1 N–H and O–H groups in total. The molecular weight excluding hydrogens is 259 g/mol. The zero-order valence-electron chi connectivity index (χ0n) is 10.6. The second-order valence-electron chi connectivity index (χ2n) is 3.73. The summed E-state index contributed by atoms with van der Waals surface area (Å²) in [5.74, 6) is -0.674. The fourth-order valence-corrected chi connectivity index (χ4v) is 2.56. The van der Waals surface area contributed by atoms with E-state index >= 15 is 0 Å². The highest BCUT2D eigenvalue weighted by Crippen LogP contribution is 2.22. The number of hydrogen-bond donors (Lipinski definition) is 1. The molecule has 0 aromatic heterocycles. The van der Waals surface area contributed by atoms with Gasteiger partial charge < -0.3 is 10.1 Å². The summed E-state index contributed by atoms with van der Waals surface area (Å²) < 4.78 is 43.6. The van der Waals surface area contributed by atoms with Gasteiger partial charge in [0.1, 0.15) is 0 Å². The van der Waals surface area contributed by atoms with Gasteiger partial charge in [-0.05, 0) is 25.2 Å². The van der Waals surface area contributed by atoms with Crippen LogP contribution in [0.1, 0.15) is 0 Å². The maximum Gasteiger partial charge on any atom is 0.242 e. The first kappa shape index (κ1) is 14.9. The van der Waals surface area contributed by atoms with Crippen LogP contribution in [-0.4, -0.2) is 47.0 Å². The van der Waals surface area contributed by atoms with Crippen LogP contribution in [0.3, 0.4) is 0 Å². The van der Waals surface area contributed by atoms with Gasteiger partial charge in [-0.1, -0.05) is 0 Å². The van der Waals surface area contributed by atoms with Crippen molar-refractivity contribution >= 4 is 10.0 Å². The standard InChI is InChI=1S/C11H17FN2O3S/c1-13-6-7-14(2)18(15,16)9-4-5-11(17-3)10(12)8-9/h4-5,8,13H,6-7H2,1-3H3. The summed E-state index contributed by atoms with van der Waals surface area (Å²) in [5, 5.41) is 2.85. The Morgan fingerprint density at radius 1 is 1.44 bits per heavy atom. The van der Waals surface area contributed by atoms with Crippen molar-refractivity contribution in [2.75, 3.05) is 34.3 Å². The van der Waals surface area contributed by atoms with Gasteiger partial charge in [0.15, 0.2) is 11.6 Å². The Labute approximate surface area is 107 Å². The van der Waals surface area contributed by atoms with Crippen LogP contribution in [0.4, 0.5) is 4.39 Å². The van der Waals surface area contributed by atoms with Crippen LogP contribution in [0.15, 0.2) is 23.1 Å². The maximum atomic E-state index is 13.5. The molecule has 102 valence electrons. The normalized spacial score (nSPS) is 11.8. The lowest BCUT2D eigenvalue weighted by Crippen LogP contribution is -2.32. The molecule has 0 aliphatic carbocycles. The van der Waals surface area contributed by atoms with Gasteiger partial charge in [0.05, 0.1) is 12.0 Å². The Bertz CT molecular complexity index is 505. The van der Waals surface area contributed by atoms with E-state index in [-0.39, 0.29) is 10.6 Å². The number of benzene rings is 1. The highest BCUT2D eigenvalue weighted by molar-refractivity contribution is 7.89. The minimum Gasteiger partial charge on any atom is -0.494 e. The second-order valence-corrected chi connectivity index (χ2v) is 5.77. The van der Waals surface area contributed by atoms with E-state index in [4.69, 9.17) is 4.74 Å². The maximum absolute atomic E-state index is 13.5. The number of nitrogens with one attached hydrogen (secondary N) is 1. The molecule has 1 aromatic rings. The molecule has 0 atom stereocenters. The van der Waals surface area contributed by atoms with Crippen molar-refractivity contribution in [3.8, 4) is 5.75 Å². The SMILES string of the molecule is CNCCN(C)S(=O)(=O)c1ccc(OC)c(F)c1. The third kappa shape index (κ3) is 3.18. The monoisotopic (exact) mass is 276 g/mol.